The van der Waals surface area contributed by atoms with E-state index in [1.165, 1.54) is 12.5 Å². The highest BCUT2D eigenvalue weighted by Crippen LogP contribution is 2.13. The summed E-state index contributed by atoms with van der Waals surface area (Å²) >= 11 is 0. The molecule has 0 aliphatic heterocycles. The van der Waals surface area contributed by atoms with Crippen molar-refractivity contribution in [3.63, 3.8) is 0 Å². The van der Waals surface area contributed by atoms with E-state index in [2.05, 4.69) is 10.1 Å². The molecule has 8 heteroatoms. The zero-order valence-corrected chi connectivity index (χ0v) is 10.2. The first-order valence-corrected chi connectivity index (χ1v) is 6.81. The largest absolute Gasteiger partial charge is 0.748 e. The molecule has 0 bridgehead atoms. The van der Waals surface area contributed by atoms with Crippen LogP contribution in [0.5, 0.6) is 0 Å². The Bertz CT molecular complexity index is 593. The number of hydrogen-bond acceptors (Lipinski definition) is 6. The Morgan fingerprint density at radius 2 is 2.28 bits per heavy atom. The number of rotatable bonds is 5. The highest BCUT2D eigenvalue weighted by atomic mass is 32.2. The molecular formula is C10H11N3O4S. The monoisotopic (exact) mass is 269 g/mol. The molecule has 2 rings (SSSR count). The van der Waals surface area contributed by atoms with Gasteiger partial charge in [0.1, 0.15) is 12.5 Å². The molecule has 2 heterocycles. The average Bonchev–Trinajstić information content (AvgIpc) is 2.82. The molecule has 0 saturated carbocycles. The third-order valence-corrected chi connectivity index (χ3v) is 3.02. The van der Waals surface area contributed by atoms with Crippen LogP contribution in [0, 0.1) is 0 Å². The number of nitrogens with zero attached hydrogens (tertiary/aromatic N) is 3. The second kappa shape index (κ2) is 5.23. The summed E-state index contributed by atoms with van der Waals surface area (Å²) in [6, 6.07) is 1.75. The van der Waals surface area contributed by atoms with Gasteiger partial charge < -0.3 is 8.97 Å². The van der Waals surface area contributed by atoms with Crippen molar-refractivity contribution < 1.29 is 22.1 Å². The van der Waals surface area contributed by atoms with Crippen LogP contribution in [0.1, 0.15) is 6.42 Å². The second-order valence-corrected chi connectivity index (χ2v) is 5.15. The summed E-state index contributed by atoms with van der Waals surface area (Å²) in [7, 11) is -4.15. The fourth-order valence-electron chi connectivity index (χ4n) is 1.41. The van der Waals surface area contributed by atoms with Crippen LogP contribution in [-0.4, -0.2) is 28.8 Å². The molecule has 0 spiro atoms. The van der Waals surface area contributed by atoms with Crippen LogP contribution in [0.3, 0.4) is 0 Å². The lowest BCUT2D eigenvalue weighted by molar-refractivity contribution is -0.753. The molecule has 0 N–H and O–H groups in total. The van der Waals surface area contributed by atoms with E-state index in [1.807, 2.05) is 0 Å². The van der Waals surface area contributed by atoms with Crippen molar-refractivity contribution in [1.29, 1.82) is 0 Å². The molecule has 0 atom stereocenters. The summed E-state index contributed by atoms with van der Waals surface area (Å²) in [5, 5.41) is 4.07. The molecule has 0 aliphatic carbocycles. The molecular weight excluding hydrogens is 258 g/mol. The number of aromatic nitrogens is 3. The molecule has 7 nitrogen and oxygen atoms in total. The Labute approximate surface area is 104 Å². The third-order valence-electron chi connectivity index (χ3n) is 2.23. The van der Waals surface area contributed by atoms with E-state index in [0.29, 0.717) is 12.4 Å². The highest BCUT2D eigenvalue weighted by Gasteiger charge is 2.08. The fraction of sp³-hybridized carbons (Fsp3) is 0.300. The first kappa shape index (κ1) is 12.7. The Balaban J connectivity index is 1.96. The van der Waals surface area contributed by atoms with Gasteiger partial charge in [-0.25, -0.2) is 13.4 Å². The minimum absolute atomic E-state index is 0.238. The predicted octanol–water partition coefficient (Wildman–Crippen LogP) is -0.0406. The van der Waals surface area contributed by atoms with Crippen molar-refractivity contribution in [2.24, 2.45) is 0 Å². The Hall–Kier alpha value is -1.80. The minimum Gasteiger partial charge on any atom is -0.748 e. The summed E-state index contributed by atoms with van der Waals surface area (Å²) in [5.74, 6) is 0.0835. The Morgan fingerprint density at radius 1 is 1.44 bits per heavy atom. The number of aryl methyl sites for hydroxylation is 1. The van der Waals surface area contributed by atoms with E-state index >= 15 is 0 Å². The summed E-state index contributed by atoms with van der Waals surface area (Å²) < 4.78 is 37.9. The topological polar surface area (TPSA) is 100 Å². The molecule has 0 aromatic carbocycles. The van der Waals surface area contributed by atoms with Crippen LogP contribution in [0.25, 0.3) is 11.5 Å². The van der Waals surface area contributed by atoms with E-state index in [4.69, 9.17) is 4.42 Å². The van der Waals surface area contributed by atoms with Gasteiger partial charge >= 0.3 is 0 Å². The molecule has 0 unspecified atom stereocenters. The fourth-order valence-corrected chi connectivity index (χ4v) is 1.89. The van der Waals surface area contributed by atoms with E-state index in [-0.39, 0.29) is 12.2 Å². The van der Waals surface area contributed by atoms with Crippen molar-refractivity contribution in [2.45, 2.75) is 13.0 Å². The highest BCUT2D eigenvalue weighted by molar-refractivity contribution is 7.85. The molecule has 0 aliphatic rings. The van der Waals surface area contributed by atoms with E-state index in [1.54, 1.807) is 23.1 Å². The molecule has 18 heavy (non-hydrogen) atoms. The smallest absolute Gasteiger partial charge is 0.227 e. The Kier molecular flexibility index (Phi) is 3.68. The second-order valence-electron chi connectivity index (χ2n) is 3.63. The van der Waals surface area contributed by atoms with E-state index in [9.17, 15) is 13.0 Å². The molecule has 0 amide bonds. The summed E-state index contributed by atoms with van der Waals surface area (Å²) in [5.41, 5.74) is 0.729. The van der Waals surface area contributed by atoms with Gasteiger partial charge in [0.05, 0.1) is 21.9 Å². The lowest BCUT2D eigenvalue weighted by atomic mass is 10.3. The van der Waals surface area contributed by atoms with Crippen LogP contribution >= 0.6 is 0 Å². The summed E-state index contributed by atoms with van der Waals surface area (Å²) in [6.07, 6.45) is 6.49. The third kappa shape index (κ3) is 3.60. The van der Waals surface area contributed by atoms with Crippen LogP contribution in [0.2, 0.25) is 0 Å². The molecule has 0 saturated heterocycles. The molecule has 0 fully saturated rings. The van der Waals surface area contributed by atoms with Gasteiger partial charge in [0.25, 0.3) is 0 Å². The van der Waals surface area contributed by atoms with Gasteiger partial charge in [-0.3, -0.25) is 0 Å². The molecule has 2 aromatic heterocycles. The average molecular weight is 269 g/mol. The summed E-state index contributed by atoms with van der Waals surface area (Å²) in [6.45, 7) is 0.368. The van der Waals surface area contributed by atoms with Gasteiger partial charge in [-0.05, 0) is 5.10 Å². The molecule has 96 valence electrons. The van der Waals surface area contributed by atoms with Gasteiger partial charge in [-0.15, -0.1) is 0 Å². The van der Waals surface area contributed by atoms with Gasteiger partial charge in [-0.1, -0.05) is 4.68 Å². The quantitative estimate of drug-likeness (QED) is 0.557. The van der Waals surface area contributed by atoms with Crippen molar-refractivity contribution in [3.8, 4) is 11.5 Å². The van der Waals surface area contributed by atoms with Gasteiger partial charge in [0.2, 0.25) is 5.89 Å². The Morgan fingerprint density at radius 3 is 2.83 bits per heavy atom. The lowest BCUT2D eigenvalue weighted by Gasteiger charge is -2.03. The number of hydrogen-bond donors (Lipinski definition) is 0. The zero-order chi connectivity index (χ0) is 13.0. The van der Waals surface area contributed by atoms with Crippen molar-refractivity contribution >= 4 is 10.1 Å². The van der Waals surface area contributed by atoms with Gasteiger partial charge in [0, 0.05) is 18.2 Å². The predicted molar refractivity (Wildman–Crippen MR) is 59.1 cm³/mol. The van der Waals surface area contributed by atoms with Crippen molar-refractivity contribution in [3.05, 3.63) is 30.9 Å². The summed E-state index contributed by atoms with van der Waals surface area (Å²) in [4.78, 5) is 3.97. The standard InChI is InChI=1S/C10H11N3O4S/c14-18(15,16)7-1-4-13-5-2-9(8-12-13)10-11-3-6-17-10/h2-3,5-6,8H,1,4,7H2. The van der Waals surface area contributed by atoms with Gasteiger partial charge in [-0.2, -0.15) is 0 Å². The van der Waals surface area contributed by atoms with Crippen LogP contribution in [-0.2, 0) is 16.7 Å². The number of oxazole rings is 1. The van der Waals surface area contributed by atoms with Crippen molar-refractivity contribution in [1.82, 2.24) is 10.1 Å². The SMILES string of the molecule is O=S(=O)([O-])CCC[n+]1ccc(-c2ncco2)cn1. The van der Waals surface area contributed by atoms with Gasteiger partial charge in [0.15, 0.2) is 12.7 Å². The van der Waals surface area contributed by atoms with Crippen LogP contribution in [0.15, 0.2) is 35.3 Å². The minimum atomic E-state index is -4.15. The maximum absolute atomic E-state index is 10.4. The first-order valence-electron chi connectivity index (χ1n) is 5.24. The zero-order valence-electron chi connectivity index (χ0n) is 9.39. The lowest BCUT2D eigenvalue weighted by Crippen LogP contribution is -2.38. The van der Waals surface area contributed by atoms with Crippen LogP contribution in [0.4, 0.5) is 0 Å². The normalized spacial score (nSPS) is 11.6. The van der Waals surface area contributed by atoms with Crippen LogP contribution < -0.4 is 4.68 Å². The molecule has 2 aromatic rings. The van der Waals surface area contributed by atoms with E-state index < -0.39 is 10.1 Å². The van der Waals surface area contributed by atoms with E-state index in [0.717, 1.165) is 5.56 Å². The first-order chi connectivity index (χ1) is 8.54. The maximum atomic E-state index is 10.4. The maximum Gasteiger partial charge on any atom is 0.227 e. The molecule has 0 radical (unpaired) electrons. The van der Waals surface area contributed by atoms with Crippen molar-refractivity contribution in [2.75, 3.05) is 5.75 Å².